The molecule has 5 aromatic rings. The molecule has 5 rings (SSSR count). The van der Waals surface area contributed by atoms with E-state index in [1.165, 1.54) is 0 Å². The Hall–Kier alpha value is -4.64. The molecule has 0 saturated heterocycles. The Kier molecular flexibility index (Phi) is 6.39. The van der Waals surface area contributed by atoms with Crippen LogP contribution in [0.4, 0.5) is 0 Å². The summed E-state index contributed by atoms with van der Waals surface area (Å²) >= 11 is 0. The molecule has 4 aromatic carbocycles. The van der Waals surface area contributed by atoms with E-state index in [4.69, 9.17) is 9.15 Å². The molecule has 5 heteroatoms. The van der Waals surface area contributed by atoms with Gasteiger partial charge >= 0.3 is 0 Å². The van der Waals surface area contributed by atoms with Gasteiger partial charge in [0.1, 0.15) is 23.7 Å². The zero-order valence-electron chi connectivity index (χ0n) is 19.3. The minimum Gasteiger partial charge on any atom is -0.488 e. The number of amides is 1. The SMILES string of the molecule is CC(=NNC(=O)c1ccc(COc2ccccc2-c2ccccc2)cc1)c1cc2ccccc2o1. The molecule has 0 saturated carbocycles. The van der Waals surface area contributed by atoms with Gasteiger partial charge in [-0.05, 0) is 48.4 Å². The summed E-state index contributed by atoms with van der Waals surface area (Å²) in [5.74, 6) is 1.15. The second-order valence-corrected chi connectivity index (χ2v) is 8.13. The van der Waals surface area contributed by atoms with E-state index in [9.17, 15) is 4.79 Å². The lowest BCUT2D eigenvalue weighted by Gasteiger charge is -2.12. The number of carbonyl (C=O) groups excluding carboxylic acids is 1. The summed E-state index contributed by atoms with van der Waals surface area (Å²) in [6, 6.07) is 35.1. The average molecular weight is 461 g/mol. The molecular formula is C30H24N2O3. The first-order valence-corrected chi connectivity index (χ1v) is 11.4. The van der Waals surface area contributed by atoms with Crippen LogP contribution in [0.3, 0.4) is 0 Å². The molecule has 1 N–H and O–H groups in total. The number of rotatable bonds is 7. The van der Waals surface area contributed by atoms with E-state index in [0.29, 0.717) is 23.6 Å². The number of para-hydroxylation sites is 2. The van der Waals surface area contributed by atoms with Gasteiger partial charge in [0.05, 0.1) is 0 Å². The maximum absolute atomic E-state index is 12.6. The Morgan fingerprint density at radius 1 is 0.857 bits per heavy atom. The molecule has 35 heavy (non-hydrogen) atoms. The van der Waals surface area contributed by atoms with Crippen molar-refractivity contribution in [2.24, 2.45) is 5.10 Å². The Bertz CT molecular complexity index is 1450. The van der Waals surface area contributed by atoms with Crippen molar-refractivity contribution in [2.45, 2.75) is 13.5 Å². The highest BCUT2D eigenvalue weighted by molar-refractivity contribution is 6.01. The molecule has 0 radical (unpaired) electrons. The number of furan rings is 1. The number of hydrazone groups is 1. The lowest BCUT2D eigenvalue weighted by molar-refractivity contribution is 0.0954. The molecule has 0 aliphatic carbocycles. The molecule has 0 bridgehead atoms. The number of hydrogen-bond acceptors (Lipinski definition) is 4. The lowest BCUT2D eigenvalue weighted by Crippen LogP contribution is -2.19. The highest BCUT2D eigenvalue weighted by Gasteiger charge is 2.09. The normalized spacial score (nSPS) is 11.4. The molecule has 1 amide bonds. The quantitative estimate of drug-likeness (QED) is 0.214. The third-order valence-corrected chi connectivity index (χ3v) is 5.69. The van der Waals surface area contributed by atoms with Gasteiger partial charge in [0.25, 0.3) is 5.91 Å². The van der Waals surface area contributed by atoms with Gasteiger partial charge in [-0.2, -0.15) is 5.10 Å². The van der Waals surface area contributed by atoms with Gasteiger partial charge in [0, 0.05) is 16.5 Å². The second-order valence-electron chi connectivity index (χ2n) is 8.13. The molecule has 0 fully saturated rings. The summed E-state index contributed by atoms with van der Waals surface area (Å²) in [7, 11) is 0. The fraction of sp³-hybridized carbons (Fsp3) is 0.0667. The molecule has 0 aliphatic heterocycles. The van der Waals surface area contributed by atoms with Gasteiger partial charge in [-0.3, -0.25) is 4.79 Å². The van der Waals surface area contributed by atoms with Crippen LogP contribution >= 0.6 is 0 Å². The Labute approximate surface area is 203 Å². The van der Waals surface area contributed by atoms with Crippen molar-refractivity contribution in [1.82, 2.24) is 5.43 Å². The smallest absolute Gasteiger partial charge is 0.271 e. The third-order valence-electron chi connectivity index (χ3n) is 5.69. The minimum atomic E-state index is -0.289. The van der Waals surface area contributed by atoms with Crippen molar-refractivity contribution >= 4 is 22.6 Å². The van der Waals surface area contributed by atoms with E-state index < -0.39 is 0 Å². The number of fused-ring (bicyclic) bond motifs is 1. The highest BCUT2D eigenvalue weighted by atomic mass is 16.5. The zero-order chi connectivity index (χ0) is 24.0. The van der Waals surface area contributed by atoms with Crippen LogP contribution in [0.5, 0.6) is 5.75 Å². The number of nitrogens with zero attached hydrogens (tertiary/aromatic N) is 1. The summed E-state index contributed by atoms with van der Waals surface area (Å²) in [4.78, 5) is 12.6. The van der Waals surface area contributed by atoms with Gasteiger partial charge in [-0.1, -0.05) is 78.9 Å². The first kappa shape index (κ1) is 22.2. The standard InChI is InChI=1S/C30H24N2O3/c1-21(29-19-25-11-5-7-13-27(25)35-29)31-32-30(33)24-17-15-22(16-18-24)20-34-28-14-8-6-12-26(28)23-9-3-2-4-10-23/h2-19H,20H2,1H3,(H,32,33). The molecular weight excluding hydrogens is 436 g/mol. The van der Waals surface area contributed by atoms with Gasteiger partial charge in [0.2, 0.25) is 0 Å². The van der Waals surface area contributed by atoms with Crippen molar-refractivity contribution in [1.29, 1.82) is 0 Å². The van der Waals surface area contributed by atoms with E-state index in [1.807, 2.05) is 84.9 Å². The molecule has 172 valence electrons. The van der Waals surface area contributed by atoms with Crippen molar-refractivity contribution in [3.05, 3.63) is 126 Å². The maximum atomic E-state index is 12.6. The van der Waals surface area contributed by atoms with Crippen LogP contribution in [0, 0.1) is 0 Å². The minimum absolute atomic E-state index is 0.289. The summed E-state index contributed by atoms with van der Waals surface area (Å²) < 4.78 is 11.9. The Balaban J connectivity index is 1.22. The molecule has 1 aromatic heterocycles. The zero-order valence-corrected chi connectivity index (χ0v) is 19.3. The summed E-state index contributed by atoms with van der Waals surface area (Å²) in [6.07, 6.45) is 0. The number of ether oxygens (including phenoxy) is 1. The predicted octanol–water partition coefficient (Wildman–Crippen LogP) is 6.83. The van der Waals surface area contributed by atoms with Crippen molar-refractivity contribution < 1.29 is 13.9 Å². The van der Waals surface area contributed by atoms with E-state index in [0.717, 1.165) is 33.4 Å². The van der Waals surface area contributed by atoms with Crippen LogP contribution in [0.1, 0.15) is 28.6 Å². The summed E-state index contributed by atoms with van der Waals surface area (Å²) in [5, 5.41) is 5.19. The maximum Gasteiger partial charge on any atom is 0.271 e. The first-order chi connectivity index (χ1) is 17.2. The summed E-state index contributed by atoms with van der Waals surface area (Å²) in [6.45, 7) is 2.20. The highest BCUT2D eigenvalue weighted by Crippen LogP contribution is 2.30. The Morgan fingerprint density at radius 2 is 1.57 bits per heavy atom. The lowest BCUT2D eigenvalue weighted by atomic mass is 10.0. The largest absolute Gasteiger partial charge is 0.488 e. The van der Waals surface area contributed by atoms with E-state index >= 15 is 0 Å². The van der Waals surface area contributed by atoms with Gasteiger partial charge in [-0.15, -0.1) is 0 Å². The van der Waals surface area contributed by atoms with Crippen LogP contribution in [0.2, 0.25) is 0 Å². The van der Waals surface area contributed by atoms with Crippen LogP contribution in [-0.2, 0) is 6.61 Å². The van der Waals surface area contributed by atoms with Crippen LogP contribution in [0.15, 0.2) is 119 Å². The average Bonchev–Trinajstić information content (AvgIpc) is 3.36. The molecule has 0 spiro atoms. The Morgan fingerprint density at radius 3 is 2.37 bits per heavy atom. The number of nitrogens with one attached hydrogen (secondary N) is 1. The van der Waals surface area contributed by atoms with Crippen LogP contribution < -0.4 is 10.2 Å². The van der Waals surface area contributed by atoms with E-state index in [-0.39, 0.29) is 5.91 Å². The molecule has 5 nitrogen and oxygen atoms in total. The molecule has 1 heterocycles. The number of carbonyl (C=O) groups is 1. The van der Waals surface area contributed by atoms with Crippen molar-refractivity contribution in [2.75, 3.05) is 0 Å². The third kappa shape index (κ3) is 5.14. The van der Waals surface area contributed by atoms with E-state index in [2.05, 4.69) is 22.7 Å². The molecule has 0 unspecified atom stereocenters. The fourth-order valence-electron chi connectivity index (χ4n) is 3.78. The fourth-order valence-corrected chi connectivity index (χ4v) is 3.78. The predicted molar refractivity (Wildman–Crippen MR) is 139 cm³/mol. The van der Waals surface area contributed by atoms with Crippen LogP contribution in [-0.4, -0.2) is 11.6 Å². The molecule has 0 atom stereocenters. The first-order valence-electron chi connectivity index (χ1n) is 11.4. The summed E-state index contributed by atoms with van der Waals surface area (Å²) in [5.41, 5.74) is 7.61. The second kappa shape index (κ2) is 10.1. The van der Waals surface area contributed by atoms with Gasteiger partial charge in [-0.25, -0.2) is 5.43 Å². The van der Waals surface area contributed by atoms with Crippen molar-refractivity contribution in [3.63, 3.8) is 0 Å². The topological polar surface area (TPSA) is 63.8 Å². The molecule has 0 aliphatic rings. The van der Waals surface area contributed by atoms with Crippen molar-refractivity contribution in [3.8, 4) is 16.9 Å². The van der Waals surface area contributed by atoms with Gasteiger partial charge in [0.15, 0.2) is 5.76 Å². The van der Waals surface area contributed by atoms with Crippen LogP contribution in [0.25, 0.3) is 22.1 Å². The van der Waals surface area contributed by atoms with E-state index in [1.54, 1.807) is 19.1 Å². The monoisotopic (exact) mass is 460 g/mol. The number of hydrogen-bond donors (Lipinski definition) is 1. The number of benzene rings is 4. The van der Waals surface area contributed by atoms with Gasteiger partial charge < -0.3 is 9.15 Å².